The molecule has 1 N–H and O–H groups in total. The average molecular weight is 331 g/mol. The number of fused-ring (bicyclic) bond motifs is 1. The van der Waals surface area contributed by atoms with Gasteiger partial charge in [0.15, 0.2) is 0 Å². The molecule has 2 aromatic rings. The maximum absolute atomic E-state index is 12.6. The normalized spacial score (nSPS) is 18.8. The van der Waals surface area contributed by atoms with Crippen LogP contribution in [0.5, 0.6) is 0 Å². The summed E-state index contributed by atoms with van der Waals surface area (Å²) >= 11 is 1.71. The second-order valence-electron chi connectivity index (χ2n) is 7.29. The number of benzene rings is 1. The predicted molar refractivity (Wildman–Crippen MR) is 96.7 cm³/mol. The molecule has 5 heteroatoms. The fourth-order valence-corrected chi connectivity index (χ4v) is 3.73. The molecule has 0 bridgehead atoms. The van der Waals surface area contributed by atoms with E-state index in [2.05, 4.69) is 44.8 Å². The predicted octanol–water partition coefficient (Wildman–Crippen LogP) is 4.07. The molecule has 1 unspecified atom stereocenters. The van der Waals surface area contributed by atoms with Crippen LogP contribution in [0.2, 0.25) is 0 Å². The van der Waals surface area contributed by atoms with Gasteiger partial charge in [0.05, 0.1) is 22.8 Å². The van der Waals surface area contributed by atoms with Gasteiger partial charge in [0.1, 0.15) is 5.82 Å². The van der Waals surface area contributed by atoms with Gasteiger partial charge in [-0.05, 0) is 37.5 Å². The molecule has 124 valence electrons. The van der Waals surface area contributed by atoms with Crippen molar-refractivity contribution in [1.82, 2.24) is 14.9 Å². The fraction of sp³-hybridized carbons (Fsp3) is 0.556. The Bertz CT molecular complexity index is 717. The fourth-order valence-electron chi connectivity index (χ4n) is 3.01. The van der Waals surface area contributed by atoms with Crippen molar-refractivity contribution < 1.29 is 4.79 Å². The smallest absolute Gasteiger partial charge is 0.233 e. The zero-order valence-corrected chi connectivity index (χ0v) is 15.2. The van der Waals surface area contributed by atoms with Gasteiger partial charge < -0.3 is 9.88 Å². The van der Waals surface area contributed by atoms with Crippen LogP contribution in [-0.2, 0) is 4.79 Å². The van der Waals surface area contributed by atoms with Gasteiger partial charge in [-0.25, -0.2) is 4.98 Å². The third-order valence-electron chi connectivity index (χ3n) is 4.17. The van der Waals surface area contributed by atoms with Gasteiger partial charge in [-0.1, -0.05) is 26.8 Å². The summed E-state index contributed by atoms with van der Waals surface area (Å²) in [6.45, 7) is 9.36. The second-order valence-corrected chi connectivity index (χ2v) is 9.09. The topological polar surface area (TPSA) is 49.0 Å². The Hall–Kier alpha value is -1.49. The van der Waals surface area contributed by atoms with E-state index >= 15 is 0 Å². The van der Waals surface area contributed by atoms with Gasteiger partial charge in [0.25, 0.3) is 0 Å². The molecule has 1 saturated heterocycles. The summed E-state index contributed by atoms with van der Waals surface area (Å²) in [5, 5.41) is 0. The van der Waals surface area contributed by atoms with Gasteiger partial charge in [-0.2, -0.15) is 0 Å². The Labute approximate surface area is 142 Å². The Morgan fingerprint density at radius 1 is 1.43 bits per heavy atom. The summed E-state index contributed by atoms with van der Waals surface area (Å²) in [6.07, 6.45) is 2.04. The number of nitrogens with zero attached hydrogens (tertiary/aromatic N) is 2. The van der Waals surface area contributed by atoms with Crippen molar-refractivity contribution >= 4 is 28.7 Å². The number of H-pyrrole nitrogens is 1. The SMILES string of the molecule is Cc1ccc2nc(C3CCCN3C(=O)CSC(C)(C)C)[nH]c2c1. The molecule has 1 aliphatic rings. The number of carbonyl (C=O) groups excluding carboxylic acids is 1. The molecule has 1 aliphatic heterocycles. The third kappa shape index (κ3) is 3.71. The molecule has 1 fully saturated rings. The number of aryl methyl sites for hydroxylation is 1. The maximum atomic E-state index is 12.6. The van der Waals surface area contributed by atoms with Crippen LogP contribution < -0.4 is 0 Å². The Morgan fingerprint density at radius 3 is 2.96 bits per heavy atom. The molecule has 3 rings (SSSR count). The summed E-state index contributed by atoms with van der Waals surface area (Å²) in [4.78, 5) is 22.8. The quantitative estimate of drug-likeness (QED) is 0.922. The van der Waals surface area contributed by atoms with E-state index in [1.54, 1.807) is 11.8 Å². The van der Waals surface area contributed by atoms with Crippen molar-refractivity contribution in [2.24, 2.45) is 0 Å². The summed E-state index contributed by atoms with van der Waals surface area (Å²) < 4.78 is 0.113. The highest BCUT2D eigenvalue weighted by molar-refractivity contribution is 8.01. The van der Waals surface area contributed by atoms with E-state index in [4.69, 9.17) is 4.98 Å². The van der Waals surface area contributed by atoms with E-state index in [1.807, 2.05) is 11.0 Å². The first-order chi connectivity index (χ1) is 10.8. The number of imidazole rings is 1. The lowest BCUT2D eigenvalue weighted by atomic mass is 10.2. The highest BCUT2D eigenvalue weighted by Gasteiger charge is 2.32. The van der Waals surface area contributed by atoms with E-state index in [9.17, 15) is 4.79 Å². The number of aromatic amines is 1. The Morgan fingerprint density at radius 2 is 2.22 bits per heavy atom. The number of likely N-dealkylation sites (tertiary alicyclic amines) is 1. The third-order valence-corrected chi connectivity index (χ3v) is 5.43. The van der Waals surface area contributed by atoms with E-state index < -0.39 is 0 Å². The van der Waals surface area contributed by atoms with Crippen LogP contribution in [0.3, 0.4) is 0 Å². The van der Waals surface area contributed by atoms with Crippen molar-refractivity contribution in [3.8, 4) is 0 Å². The zero-order valence-electron chi connectivity index (χ0n) is 14.3. The number of hydrogen-bond donors (Lipinski definition) is 1. The van der Waals surface area contributed by atoms with Crippen molar-refractivity contribution in [1.29, 1.82) is 0 Å². The minimum Gasteiger partial charge on any atom is -0.340 e. The number of nitrogens with one attached hydrogen (secondary N) is 1. The average Bonchev–Trinajstić information content (AvgIpc) is 3.09. The standard InChI is InChI=1S/C18H25N3OS/c1-12-7-8-13-14(10-12)20-17(19-13)15-6-5-9-21(15)16(22)11-23-18(2,3)4/h7-8,10,15H,5-6,9,11H2,1-4H3,(H,19,20). The summed E-state index contributed by atoms with van der Waals surface area (Å²) in [6, 6.07) is 6.32. The van der Waals surface area contributed by atoms with Gasteiger partial charge in [-0.15, -0.1) is 11.8 Å². The molecule has 2 heterocycles. The molecule has 0 spiro atoms. The molecule has 0 aliphatic carbocycles. The van der Waals surface area contributed by atoms with Crippen molar-refractivity contribution in [3.05, 3.63) is 29.6 Å². The molecule has 0 saturated carbocycles. The molecular weight excluding hydrogens is 306 g/mol. The minimum atomic E-state index is 0.0933. The Kier molecular flexibility index (Phi) is 4.41. The van der Waals surface area contributed by atoms with Crippen LogP contribution in [0.25, 0.3) is 11.0 Å². The lowest BCUT2D eigenvalue weighted by Gasteiger charge is -2.25. The van der Waals surface area contributed by atoms with Crippen molar-refractivity contribution in [3.63, 3.8) is 0 Å². The van der Waals surface area contributed by atoms with Gasteiger partial charge in [0.2, 0.25) is 5.91 Å². The molecule has 23 heavy (non-hydrogen) atoms. The molecule has 1 atom stereocenters. The molecule has 1 aromatic heterocycles. The lowest BCUT2D eigenvalue weighted by Crippen LogP contribution is -2.33. The van der Waals surface area contributed by atoms with Gasteiger partial charge in [-0.3, -0.25) is 4.79 Å². The van der Waals surface area contributed by atoms with E-state index in [0.29, 0.717) is 5.75 Å². The highest BCUT2D eigenvalue weighted by Crippen LogP contribution is 2.33. The van der Waals surface area contributed by atoms with E-state index in [1.165, 1.54) is 5.56 Å². The number of aromatic nitrogens is 2. The number of rotatable bonds is 3. The van der Waals surface area contributed by atoms with Gasteiger partial charge >= 0.3 is 0 Å². The van der Waals surface area contributed by atoms with Crippen LogP contribution in [0.4, 0.5) is 0 Å². The van der Waals surface area contributed by atoms with Crippen LogP contribution >= 0.6 is 11.8 Å². The lowest BCUT2D eigenvalue weighted by molar-refractivity contribution is -0.129. The number of carbonyl (C=O) groups is 1. The van der Waals surface area contributed by atoms with E-state index in [-0.39, 0.29) is 16.7 Å². The first-order valence-corrected chi connectivity index (χ1v) is 9.22. The molecule has 0 radical (unpaired) electrons. The summed E-state index contributed by atoms with van der Waals surface area (Å²) in [5.41, 5.74) is 3.26. The second kappa shape index (κ2) is 6.19. The number of thioether (sulfide) groups is 1. The van der Waals surface area contributed by atoms with Crippen LogP contribution in [-0.4, -0.2) is 37.8 Å². The number of amides is 1. The maximum Gasteiger partial charge on any atom is 0.233 e. The summed E-state index contributed by atoms with van der Waals surface area (Å²) in [5.74, 6) is 1.69. The van der Waals surface area contributed by atoms with Crippen LogP contribution in [0.15, 0.2) is 18.2 Å². The molecule has 4 nitrogen and oxygen atoms in total. The van der Waals surface area contributed by atoms with E-state index in [0.717, 1.165) is 36.2 Å². The highest BCUT2D eigenvalue weighted by atomic mass is 32.2. The Balaban J connectivity index is 1.78. The monoisotopic (exact) mass is 331 g/mol. The van der Waals surface area contributed by atoms with Crippen LogP contribution in [0, 0.1) is 6.92 Å². The first kappa shape index (κ1) is 16.4. The first-order valence-electron chi connectivity index (χ1n) is 8.23. The largest absolute Gasteiger partial charge is 0.340 e. The molecule has 1 amide bonds. The number of hydrogen-bond acceptors (Lipinski definition) is 3. The zero-order chi connectivity index (χ0) is 16.6. The van der Waals surface area contributed by atoms with Crippen molar-refractivity contribution in [2.45, 2.75) is 51.3 Å². The van der Waals surface area contributed by atoms with Crippen molar-refractivity contribution in [2.75, 3.05) is 12.3 Å². The molecular formula is C18H25N3OS. The molecule has 1 aromatic carbocycles. The van der Waals surface area contributed by atoms with Gasteiger partial charge in [0, 0.05) is 11.3 Å². The van der Waals surface area contributed by atoms with Crippen LogP contribution in [0.1, 0.15) is 51.0 Å². The summed E-state index contributed by atoms with van der Waals surface area (Å²) in [7, 11) is 0. The minimum absolute atomic E-state index is 0.0933.